The van der Waals surface area contributed by atoms with Crippen molar-refractivity contribution in [2.45, 2.75) is 0 Å². The number of nitrogens with two attached hydrogens (primary N) is 1. The van der Waals surface area contributed by atoms with E-state index in [9.17, 15) is 4.79 Å². The predicted molar refractivity (Wildman–Crippen MR) is 54.2 cm³/mol. The van der Waals surface area contributed by atoms with Gasteiger partial charge in [0.2, 0.25) is 0 Å². The maximum absolute atomic E-state index is 10.9. The van der Waals surface area contributed by atoms with Gasteiger partial charge in [-0.15, -0.1) is 24.8 Å². The molecule has 7 heteroatoms. The van der Waals surface area contributed by atoms with Crippen molar-refractivity contribution in [1.29, 1.82) is 0 Å². The number of carbonyl (C=O) groups is 1. The maximum Gasteiger partial charge on any atom is 0.409 e. The van der Waals surface area contributed by atoms with Gasteiger partial charge in [0.15, 0.2) is 0 Å². The van der Waals surface area contributed by atoms with E-state index in [0.717, 1.165) is 13.1 Å². The molecule has 0 aromatic rings. The van der Waals surface area contributed by atoms with E-state index in [0.29, 0.717) is 13.1 Å². The molecule has 1 rings (SSSR count). The molecule has 1 heterocycles. The minimum absolute atomic E-state index is 0. The minimum atomic E-state index is -0.266. The second-order valence-corrected chi connectivity index (χ2v) is 2.49. The molecule has 0 aromatic heterocycles. The highest BCUT2D eigenvalue weighted by Crippen LogP contribution is 1.98. The molecular weight excluding hydrogens is 217 g/mol. The Bertz CT molecular complexity index is 151. The van der Waals surface area contributed by atoms with E-state index < -0.39 is 0 Å². The van der Waals surface area contributed by atoms with Gasteiger partial charge in [-0.3, -0.25) is 5.84 Å². The fraction of sp³-hybridized carbons (Fsp3) is 0.833. The lowest BCUT2D eigenvalue weighted by Crippen LogP contribution is -2.51. The maximum atomic E-state index is 10.9. The van der Waals surface area contributed by atoms with E-state index in [1.54, 1.807) is 9.91 Å². The van der Waals surface area contributed by atoms with Gasteiger partial charge in [0.25, 0.3) is 0 Å². The SMILES string of the molecule is COC(=O)N1CCN(N)CC1.Cl.Cl. The normalized spacial score (nSPS) is 16.9. The van der Waals surface area contributed by atoms with Gasteiger partial charge in [-0.25, -0.2) is 9.80 Å². The third-order valence-electron chi connectivity index (χ3n) is 1.75. The number of hydrogen-bond acceptors (Lipinski definition) is 4. The molecule has 0 unspecified atom stereocenters. The van der Waals surface area contributed by atoms with Crippen molar-refractivity contribution in [2.24, 2.45) is 5.84 Å². The summed E-state index contributed by atoms with van der Waals surface area (Å²) in [4.78, 5) is 12.6. The Labute approximate surface area is 90.0 Å². The van der Waals surface area contributed by atoms with Crippen LogP contribution in [-0.4, -0.2) is 49.3 Å². The third kappa shape index (κ3) is 4.52. The van der Waals surface area contributed by atoms with Gasteiger partial charge in [0, 0.05) is 26.2 Å². The van der Waals surface area contributed by atoms with Crippen molar-refractivity contribution in [1.82, 2.24) is 9.91 Å². The smallest absolute Gasteiger partial charge is 0.409 e. The molecule has 1 fully saturated rings. The van der Waals surface area contributed by atoms with Gasteiger partial charge < -0.3 is 9.64 Å². The van der Waals surface area contributed by atoms with Crippen LogP contribution in [0.25, 0.3) is 0 Å². The molecule has 0 radical (unpaired) electrons. The number of rotatable bonds is 0. The molecule has 0 aliphatic carbocycles. The van der Waals surface area contributed by atoms with Crippen LogP contribution in [0.5, 0.6) is 0 Å². The van der Waals surface area contributed by atoms with Crippen LogP contribution in [0.4, 0.5) is 4.79 Å². The average molecular weight is 232 g/mol. The van der Waals surface area contributed by atoms with Gasteiger partial charge in [-0.2, -0.15) is 0 Å². The molecule has 0 aromatic carbocycles. The number of halogens is 2. The van der Waals surface area contributed by atoms with E-state index in [1.165, 1.54) is 7.11 Å². The Morgan fingerprint density at radius 2 is 1.69 bits per heavy atom. The number of hydrazine groups is 1. The number of carbonyl (C=O) groups excluding carboxylic acids is 1. The molecule has 2 N–H and O–H groups in total. The summed E-state index contributed by atoms with van der Waals surface area (Å²) in [5, 5.41) is 1.69. The molecule has 1 aliphatic rings. The van der Waals surface area contributed by atoms with Crippen LogP contribution in [-0.2, 0) is 4.74 Å². The third-order valence-corrected chi connectivity index (χ3v) is 1.75. The zero-order valence-electron chi connectivity index (χ0n) is 7.43. The zero-order chi connectivity index (χ0) is 8.27. The molecule has 0 saturated carbocycles. The first-order valence-corrected chi connectivity index (χ1v) is 3.56. The predicted octanol–water partition coefficient (Wildman–Crippen LogP) is 0.0877. The molecule has 80 valence electrons. The number of methoxy groups -OCH3 is 1. The van der Waals surface area contributed by atoms with Gasteiger partial charge >= 0.3 is 6.09 Å². The van der Waals surface area contributed by atoms with Gasteiger partial charge in [0.05, 0.1) is 7.11 Å². The number of hydrogen-bond donors (Lipinski definition) is 1. The lowest BCUT2D eigenvalue weighted by atomic mass is 10.4. The molecule has 13 heavy (non-hydrogen) atoms. The Morgan fingerprint density at radius 3 is 2.08 bits per heavy atom. The molecule has 0 atom stereocenters. The highest BCUT2D eigenvalue weighted by atomic mass is 35.5. The van der Waals surface area contributed by atoms with Crippen LogP contribution < -0.4 is 5.84 Å². The summed E-state index contributed by atoms with van der Waals surface area (Å²) in [6, 6.07) is 0. The second-order valence-electron chi connectivity index (χ2n) is 2.49. The monoisotopic (exact) mass is 231 g/mol. The fourth-order valence-electron chi connectivity index (χ4n) is 1.03. The quantitative estimate of drug-likeness (QED) is 0.601. The second kappa shape index (κ2) is 7.20. The van der Waals surface area contributed by atoms with Crippen molar-refractivity contribution in [3.05, 3.63) is 0 Å². The molecule has 0 spiro atoms. The molecule has 1 saturated heterocycles. The van der Waals surface area contributed by atoms with Gasteiger partial charge in [0.1, 0.15) is 0 Å². The minimum Gasteiger partial charge on any atom is -0.453 e. The summed E-state index contributed by atoms with van der Waals surface area (Å²) in [5.74, 6) is 5.49. The Hall–Kier alpha value is -0.230. The van der Waals surface area contributed by atoms with Crippen LogP contribution in [0.1, 0.15) is 0 Å². The van der Waals surface area contributed by atoms with E-state index >= 15 is 0 Å². The summed E-state index contributed by atoms with van der Waals surface area (Å²) in [5.41, 5.74) is 0. The summed E-state index contributed by atoms with van der Waals surface area (Å²) in [6.45, 7) is 2.75. The number of amides is 1. The van der Waals surface area contributed by atoms with Crippen LogP contribution in [0.3, 0.4) is 0 Å². The van der Waals surface area contributed by atoms with Gasteiger partial charge in [-0.1, -0.05) is 0 Å². The van der Waals surface area contributed by atoms with Crippen LogP contribution >= 0.6 is 24.8 Å². The van der Waals surface area contributed by atoms with Crippen molar-refractivity contribution in [3.8, 4) is 0 Å². The fourth-order valence-corrected chi connectivity index (χ4v) is 1.03. The van der Waals surface area contributed by atoms with Crippen molar-refractivity contribution >= 4 is 30.9 Å². The first-order valence-electron chi connectivity index (χ1n) is 3.56. The lowest BCUT2D eigenvalue weighted by Gasteiger charge is -2.30. The number of piperazine rings is 1. The summed E-state index contributed by atoms with van der Waals surface area (Å²) in [6.07, 6.45) is -0.266. The summed E-state index contributed by atoms with van der Waals surface area (Å²) >= 11 is 0. The largest absolute Gasteiger partial charge is 0.453 e. The molecule has 0 bridgehead atoms. The summed E-state index contributed by atoms with van der Waals surface area (Å²) < 4.78 is 4.55. The molecule has 5 nitrogen and oxygen atoms in total. The van der Waals surface area contributed by atoms with Crippen LogP contribution in [0, 0.1) is 0 Å². The van der Waals surface area contributed by atoms with Crippen molar-refractivity contribution in [3.63, 3.8) is 0 Å². The first kappa shape index (κ1) is 15.3. The molecule has 1 amide bonds. The van der Waals surface area contributed by atoms with E-state index in [4.69, 9.17) is 5.84 Å². The van der Waals surface area contributed by atoms with Crippen LogP contribution in [0.15, 0.2) is 0 Å². The first-order chi connectivity index (χ1) is 5.24. The Balaban J connectivity index is 0. The number of ether oxygens (including phenoxy) is 1. The standard InChI is InChI=1S/C6H13N3O2.2ClH/c1-11-6(10)8-2-4-9(7)5-3-8;;/h2-5,7H2,1H3;2*1H. The number of nitrogens with zero attached hydrogens (tertiary/aromatic N) is 2. The van der Waals surface area contributed by atoms with E-state index in [-0.39, 0.29) is 30.9 Å². The highest BCUT2D eigenvalue weighted by Gasteiger charge is 2.18. The Morgan fingerprint density at radius 1 is 1.23 bits per heavy atom. The Kier molecular flexibility index (Phi) is 8.45. The topological polar surface area (TPSA) is 58.8 Å². The van der Waals surface area contributed by atoms with E-state index in [2.05, 4.69) is 4.74 Å². The molecule has 1 aliphatic heterocycles. The van der Waals surface area contributed by atoms with E-state index in [1.807, 2.05) is 0 Å². The average Bonchev–Trinajstić information content (AvgIpc) is 2.05. The lowest BCUT2D eigenvalue weighted by molar-refractivity contribution is 0.0914. The van der Waals surface area contributed by atoms with Gasteiger partial charge in [-0.05, 0) is 0 Å². The highest BCUT2D eigenvalue weighted by molar-refractivity contribution is 5.85. The summed E-state index contributed by atoms with van der Waals surface area (Å²) in [7, 11) is 1.39. The van der Waals surface area contributed by atoms with Crippen molar-refractivity contribution < 1.29 is 9.53 Å². The zero-order valence-corrected chi connectivity index (χ0v) is 9.07. The van der Waals surface area contributed by atoms with Crippen LogP contribution in [0.2, 0.25) is 0 Å². The molecular formula is C6H15Cl2N3O2. The van der Waals surface area contributed by atoms with Crippen molar-refractivity contribution in [2.75, 3.05) is 33.3 Å².